The zero-order valence-electron chi connectivity index (χ0n) is 7.09. The van der Waals surface area contributed by atoms with Gasteiger partial charge in [0.2, 0.25) is 5.91 Å². The third kappa shape index (κ3) is 5.12. The minimum atomic E-state index is -0.418. The predicted molar refractivity (Wildman–Crippen MR) is 48.0 cm³/mol. The van der Waals surface area contributed by atoms with Gasteiger partial charge in [0.05, 0.1) is 11.4 Å². The molecule has 0 rings (SSSR count). The van der Waals surface area contributed by atoms with Crippen LogP contribution in [-0.2, 0) is 14.3 Å². The number of ether oxygens (including phenoxy) is 1. The third-order valence-electron chi connectivity index (χ3n) is 1.07. The topological polar surface area (TPSA) is 55.4 Å². The normalized spacial score (nSPS) is 11.9. The minimum absolute atomic E-state index is 0.0669. The zero-order valence-corrected chi connectivity index (χ0v) is 8.68. The van der Waals surface area contributed by atoms with Crippen molar-refractivity contribution in [3.63, 3.8) is 0 Å². The Bertz CT molecular complexity index is 170. The van der Waals surface area contributed by atoms with Gasteiger partial charge >= 0.3 is 5.97 Å². The van der Waals surface area contributed by atoms with E-state index in [1.54, 1.807) is 13.8 Å². The van der Waals surface area contributed by atoms with Crippen LogP contribution < -0.4 is 5.32 Å². The SMILES string of the molecule is CCOC(=O)CNC(=O)[C@H](C)Br. The van der Waals surface area contributed by atoms with E-state index in [0.29, 0.717) is 6.61 Å². The summed E-state index contributed by atoms with van der Waals surface area (Å²) in [5.74, 6) is -0.637. The van der Waals surface area contributed by atoms with Crippen molar-refractivity contribution in [3.8, 4) is 0 Å². The number of nitrogens with one attached hydrogen (secondary N) is 1. The molecule has 0 fully saturated rings. The van der Waals surface area contributed by atoms with Crippen LogP contribution in [-0.4, -0.2) is 29.9 Å². The molecule has 0 aromatic heterocycles. The Morgan fingerprint density at radius 3 is 2.58 bits per heavy atom. The number of carbonyl (C=O) groups is 2. The van der Waals surface area contributed by atoms with Crippen molar-refractivity contribution >= 4 is 27.8 Å². The number of rotatable bonds is 4. The predicted octanol–water partition coefficient (Wildman–Crippen LogP) is 0.449. The average molecular weight is 238 g/mol. The molecular formula is C7H12BrNO3. The van der Waals surface area contributed by atoms with Crippen molar-refractivity contribution in [3.05, 3.63) is 0 Å². The first-order chi connectivity index (χ1) is 5.57. The van der Waals surface area contributed by atoms with Gasteiger partial charge in [0.15, 0.2) is 0 Å². The largest absolute Gasteiger partial charge is 0.465 e. The Balaban J connectivity index is 3.54. The Labute approximate surface area is 79.8 Å². The zero-order chi connectivity index (χ0) is 9.56. The van der Waals surface area contributed by atoms with Crippen LogP contribution in [0.2, 0.25) is 0 Å². The number of halogens is 1. The molecule has 1 N–H and O–H groups in total. The monoisotopic (exact) mass is 237 g/mol. The van der Waals surface area contributed by atoms with Gasteiger partial charge in [-0.25, -0.2) is 0 Å². The highest BCUT2D eigenvalue weighted by Crippen LogP contribution is 1.95. The average Bonchev–Trinajstić information content (AvgIpc) is 2.00. The highest BCUT2D eigenvalue weighted by atomic mass is 79.9. The van der Waals surface area contributed by atoms with E-state index in [0.717, 1.165) is 0 Å². The fourth-order valence-corrected chi connectivity index (χ4v) is 0.674. The van der Waals surface area contributed by atoms with Gasteiger partial charge in [-0.2, -0.15) is 0 Å². The molecule has 0 aliphatic rings. The van der Waals surface area contributed by atoms with Gasteiger partial charge in [0, 0.05) is 0 Å². The van der Waals surface area contributed by atoms with Crippen LogP contribution in [0.3, 0.4) is 0 Å². The molecule has 12 heavy (non-hydrogen) atoms. The second-order valence-electron chi connectivity index (χ2n) is 2.14. The fraction of sp³-hybridized carbons (Fsp3) is 0.714. The molecule has 4 nitrogen and oxygen atoms in total. The van der Waals surface area contributed by atoms with Gasteiger partial charge in [-0.05, 0) is 13.8 Å². The first-order valence-corrected chi connectivity index (χ1v) is 4.57. The number of hydrogen-bond donors (Lipinski definition) is 1. The smallest absolute Gasteiger partial charge is 0.325 e. The number of alkyl halides is 1. The molecule has 0 bridgehead atoms. The van der Waals surface area contributed by atoms with Crippen LogP contribution in [0, 0.1) is 0 Å². The van der Waals surface area contributed by atoms with Crippen LogP contribution in [0.1, 0.15) is 13.8 Å². The first-order valence-electron chi connectivity index (χ1n) is 3.65. The van der Waals surface area contributed by atoms with E-state index in [2.05, 4.69) is 26.0 Å². The molecule has 0 saturated heterocycles. The van der Waals surface area contributed by atoms with Crippen LogP contribution in [0.5, 0.6) is 0 Å². The second kappa shape index (κ2) is 5.99. The molecule has 0 aromatic rings. The summed E-state index contributed by atoms with van der Waals surface area (Å²) in [6.07, 6.45) is 0. The molecule has 0 aliphatic carbocycles. The molecule has 0 saturated carbocycles. The van der Waals surface area contributed by atoms with Gasteiger partial charge in [-0.3, -0.25) is 9.59 Å². The van der Waals surface area contributed by atoms with Gasteiger partial charge in [0.1, 0.15) is 6.54 Å². The van der Waals surface area contributed by atoms with Gasteiger partial charge in [-0.1, -0.05) is 15.9 Å². The summed E-state index contributed by atoms with van der Waals surface area (Å²) in [7, 11) is 0. The van der Waals surface area contributed by atoms with Gasteiger partial charge in [0.25, 0.3) is 0 Å². The number of amides is 1. The van der Waals surface area contributed by atoms with Crippen LogP contribution in [0.4, 0.5) is 0 Å². The summed E-state index contributed by atoms with van der Waals surface area (Å²) in [6, 6.07) is 0. The van der Waals surface area contributed by atoms with Crippen molar-refractivity contribution < 1.29 is 14.3 Å². The van der Waals surface area contributed by atoms with Crippen LogP contribution in [0.15, 0.2) is 0 Å². The lowest BCUT2D eigenvalue weighted by atomic mass is 10.4. The van der Waals surface area contributed by atoms with Crippen molar-refractivity contribution in [1.29, 1.82) is 0 Å². The summed E-state index contributed by atoms with van der Waals surface area (Å²) < 4.78 is 4.60. The van der Waals surface area contributed by atoms with E-state index in [4.69, 9.17) is 0 Å². The lowest BCUT2D eigenvalue weighted by molar-refractivity contribution is -0.143. The molecule has 0 radical (unpaired) electrons. The molecule has 0 unspecified atom stereocenters. The maximum atomic E-state index is 10.9. The molecular weight excluding hydrogens is 226 g/mol. The Hall–Kier alpha value is -0.580. The van der Waals surface area contributed by atoms with Crippen molar-refractivity contribution in [2.24, 2.45) is 0 Å². The fourth-order valence-electron chi connectivity index (χ4n) is 0.512. The van der Waals surface area contributed by atoms with E-state index < -0.39 is 5.97 Å². The third-order valence-corrected chi connectivity index (χ3v) is 1.49. The minimum Gasteiger partial charge on any atom is -0.465 e. The summed E-state index contributed by atoms with van der Waals surface area (Å²) in [4.78, 5) is 21.3. The number of hydrogen-bond acceptors (Lipinski definition) is 3. The van der Waals surface area contributed by atoms with E-state index in [9.17, 15) is 9.59 Å². The maximum Gasteiger partial charge on any atom is 0.325 e. The summed E-state index contributed by atoms with van der Waals surface area (Å²) in [5.41, 5.74) is 0. The van der Waals surface area contributed by atoms with Gasteiger partial charge < -0.3 is 10.1 Å². The molecule has 5 heteroatoms. The molecule has 70 valence electrons. The Kier molecular flexibility index (Phi) is 5.70. The summed E-state index contributed by atoms with van der Waals surface area (Å²) >= 11 is 3.06. The molecule has 0 spiro atoms. The standard InChI is InChI=1S/C7H12BrNO3/c1-3-12-6(10)4-9-7(11)5(2)8/h5H,3-4H2,1-2H3,(H,9,11)/t5-/m0/s1. The van der Waals surface area contributed by atoms with Gasteiger partial charge in [-0.15, -0.1) is 0 Å². The van der Waals surface area contributed by atoms with Crippen LogP contribution >= 0.6 is 15.9 Å². The van der Waals surface area contributed by atoms with Crippen molar-refractivity contribution in [2.75, 3.05) is 13.2 Å². The lowest BCUT2D eigenvalue weighted by Crippen LogP contribution is -2.34. The van der Waals surface area contributed by atoms with Crippen molar-refractivity contribution in [1.82, 2.24) is 5.32 Å². The maximum absolute atomic E-state index is 10.9. The van der Waals surface area contributed by atoms with E-state index in [1.807, 2.05) is 0 Å². The summed E-state index contributed by atoms with van der Waals surface area (Å²) in [6.45, 7) is 3.66. The molecule has 1 atom stereocenters. The molecule has 0 heterocycles. The van der Waals surface area contributed by atoms with Crippen LogP contribution in [0.25, 0.3) is 0 Å². The second-order valence-corrected chi connectivity index (χ2v) is 3.51. The lowest BCUT2D eigenvalue weighted by Gasteiger charge is -2.05. The molecule has 1 amide bonds. The quantitative estimate of drug-likeness (QED) is 0.571. The first kappa shape index (κ1) is 11.4. The van der Waals surface area contributed by atoms with Crippen molar-refractivity contribution in [2.45, 2.75) is 18.7 Å². The Morgan fingerprint density at radius 2 is 2.17 bits per heavy atom. The number of esters is 1. The summed E-state index contributed by atoms with van der Waals surface area (Å²) in [5, 5.41) is 2.41. The highest BCUT2D eigenvalue weighted by Gasteiger charge is 2.09. The number of carbonyl (C=O) groups excluding carboxylic acids is 2. The van der Waals surface area contributed by atoms with E-state index in [1.165, 1.54) is 0 Å². The highest BCUT2D eigenvalue weighted by molar-refractivity contribution is 9.10. The van der Waals surface area contributed by atoms with E-state index >= 15 is 0 Å². The molecule has 0 aliphatic heterocycles. The molecule has 0 aromatic carbocycles. The van der Waals surface area contributed by atoms with E-state index in [-0.39, 0.29) is 17.3 Å². The Morgan fingerprint density at radius 1 is 1.58 bits per heavy atom.